The van der Waals surface area contributed by atoms with Gasteiger partial charge in [0.2, 0.25) is 6.29 Å². The summed E-state index contributed by atoms with van der Waals surface area (Å²) in [4.78, 5) is 40.3. The number of nitrogens with one attached hydrogen (secondary N) is 2. The van der Waals surface area contributed by atoms with Gasteiger partial charge >= 0.3 is 0 Å². The highest BCUT2D eigenvalue weighted by atomic mass is 16.7. The molecule has 0 bridgehead atoms. The Kier molecular flexibility index (Phi) is 10.6. The highest BCUT2D eigenvalue weighted by Crippen LogP contribution is 2.39. The summed E-state index contributed by atoms with van der Waals surface area (Å²) in [5, 5.41) is 15.4. The van der Waals surface area contributed by atoms with Crippen LogP contribution in [0.25, 0.3) is 5.69 Å². The van der Waals surface area contributed by atoms with E-state index in [9.17, 15) is 19.5 Å². The summed E-state index contributed by atoms with van der Waals surface area (Å²) in [6, 6.07) is 23.3. The number of nitrogens with two attached hydrogens (primary N) is 1. The van der Waals surface area contributed by atoms with E-state index < -0.39 is 18.1 Å². The second kappa shape index (κ2) is 15.0. The minimum atomic E-state index is -0.803. The van der Waals surface area contributed by atoms with Crippen LogP contribution in [0.15, 0.2) is 95.5 Å². The second-order valence-electron chi connectivity index (χ2n) is 11.4. The van der Waals surface area contributed by atoms with Crippen LogP contribution in [0.5, 0.6) is 0 Å². The number of benzene rings is 3. The lowest BCUT2D eigenvalue weighted by Gasteiger charge is -2.36. The van der Waals surface area contributed by atoms with Crippen molar-refractivity contribution in [3.8, 4) is 5.69 Å². The predicted octanol–water partition coefficient (Wildman–Crippen LogP) is 4.38. The van der Waals surface area contributed by atoms with Crippen LogP contribution < -0.4 is 21.9 Å². The van der Waals surface area contributed by atoms with Crippen molar-refractivity contribution in [1.29, 1.82) is 0 Å². The maximum atomic E-state index is 14.0. The summed E-state index contributed by atoms with van der Waals surface area (Å²) in [7, 11) is 1.83. The number of nitrogens with zero attached hydrogens (tertiary/aromatic N) is 2. The van der Waals surface area contributed by atoms with Gasteiger partial charge in [0.15, 0.2) is 5.76 Å². The molecule has 2 heterocycles. The van der Waals surface area contributed by atoms with Crippen molar-refractivity contribution in [2.24, 2.45) is 13.0 Å². The zero-order valence-electron chi connectivity index (χ0n) is 26.8. The standard InChI is InChI=1S/C36H41N5O6/c1-4-46-36-27(13-10-20-42)28(32-23(2)40(3)41(35(32)45)26-11-6-5-7-12-26)21-31(47-36)34(44)38-22-24-16-18-25(19-17-24)33(43)39-30-15-9-8-14-29(30)37/h5-9,11-12,14-19,21,27-28,36,42H,4,10,13,20,22,37H2,1-3H3,(H,38,44)(H,39,43)/t27-,28+,36-/m0/s1. The van der Waals surface area contributed by atoms with Crippen LogP contribution >= 0.6 is 0 Å². The highest BCUT2D eigenvalue weighted by molar-refractivity contribution is 6.05. The lowest BCUT2D eigenvalue weighted by atomic mass is 9.80. The highest BCUT2D eigenvalue weighted by Gasteiger charge is 2.40. The number of carbonyl (C=O) groups excluding carboxylic acids is 2. The molecule has 246 valence electrons. The number of aromatic nitrogens is 2. The Bertz CT molecular complexity index is 1790. The number of aliphatic hydroxyl groups is 1. The Hall–Kier alpha value is -5.13. The van der Waals surface area contributed by atoms with Gasteiger partial charge in [-0.25, -0.2) is 4.68 Å². The van der Waals surface area contributed by atoms with Crippen LogP contribution in [0.2, 0.25) is 0 Å². The van der Waals surface area contributed by atoms with E-state index >= 15 is 0 Å². The number of para-hydroxylation sites is 3. The molecule has 5 N–H and O–H groups in total. The molecule has 2 amide bonds. The number of rotatable bonds is 12. The van der Waals surface area contributed by atoms with Crippen molar-refractivity contribution in [3.05, 3.63) is 123 Å². The molecule has 3 aromatic carbocycles. The zero-order chi connectivity index (χ0) is 33.5. The van der Waals surface area contributed by atoms with Crippen molar-refractivity contribution in [2.45, 2.75) is 45.4 Å². The Morgan fingerprint density at radius 3 is 2.38 bits per heavy atom. The fourth-order valence-electron chi connectivity index (χ4n) is 5.92. The molecule has 0 fully saturated rings. The third-order valence-corrected chi connectivity index (χ3v) is 8.45. The van der Waals surface area contributed by atoms with Crippen LogP contribution in [0, 0.1) is 12.8 Å². The fraction of sp³-hybridized carbons (Fsp3) is 0.306. The number of amides is 2. The van der Waals surface area contributed by atoms with Gasteiger partial charge in [0.05, 0.1) is 17.1 Å². The summed E-state index contributed by atoms with van der Waals surface area (Å²) in [6.07, 6.45) is 1.90. The predicted molar refractivity (Wildman–Crippen MR) is 180 cm³/mol. The van der Waals surface area contributed by atoms with Gasteiger partial charge < -0.3 is 30.9 Å². The van der Waals surface area contributed by atoms with Crippen LogP contribution in [-0.4, -0.2) is 45.8 Å². The molecule has 1 aliphatic rings. The molecule has 1 aliphatic heterocycles. The normalized spacial score (nSPS) is 17.4. The maximum absolute atomic E-state index is 14.0. The summed E-state index contributed by atoms with van der Waals surface area (Å²) in [5.74, 6) is -1.53. The molecule has 0 saturated heterocycles. The Balaban J connectivity index is 1.38. The molecular formula is C36H41N5O6. The lowest BCUT2D eigenvalue weighted by molar-refractivity contribution is -0.166. The first-order valence-corrected chi connectivity index (χ1v) is 15.7. The summed E-state index contributed by atoms with van der Waals surface area (Å²) >= 11 is 0. The van der Waals surface area contributed by atoms with E-state index in [1.54, 1.807) is 59.3 Å². The van der Waals surface area contributed by atoms with Crippen molar-refractivity contribution in [2.75, 3.05) is 24.3 Å². The van der Waals surface area contributed by atoms with Gasteiger partial charge in [-0.05, 0) is 74.7 Å². The number of nitrogen functional groups attached to an aromatic ring is 1. The van der Waals surface area contributed by atoms with E-state index in [0.717, 1.165) is 16.9 Å². The van der Waals surface area contributed by atoms with Crippen LogP contribution in [0.4, 0.5) is 11.4 Å². The number of ether oxygens (including phenoxy) is 2. The molecule has 0 radical (unpaired) electrons. The zero-order valence-corrected chi connectivity index (χ0v) is 26.8. The van der Waals surface area contributed by atoms with Gasteiger partial charge in [0, 0.05) is 55.5 Å². The monoisotopic (exact) mass is 639 g/mol. The Morgan fingerprint density at radius 2 is 1.70 bits per heavy atom. The second-order valence-corrected chi connectivity index (χ2v) is 11.4. The van der Waals surface area contributed by atoms with Crippen molar-refractivity contribution in [1.82, 2.24) is 14.7 Å². The van der Waals surface area contributed by atoms with E-state index in [1.165, 1.54) is 0 Å². The van der Waals surface area contributed by atoms with Crippen molar-refractivity contribution in [3.63, 3.8) is 0 Å². The minimum Gasteiger partial charge on any atom is -0.459 e. The molecule has 11 heteroatoms. The van der Waals surface area contributed by atoms with E-state index in [0.29, 0.717) is 42.0 Å². The van der Waals surface area contributed by atoms with Crippen LogP contribution in [0.1, 0.15) is 52.9 Å². The first kappa shape index (κ1) is 33.2. The molecule has 5 rings (SSSR count). The fourth-order valence-corrected chi connectivity index (χ4v) is 5.92. The number of anilines is 2. The largest absolute Gasteiger partial charge is 0.459 e. The Labute approximate surface area is 273 Å². The lowest BCUT2D eigenvalue weighted by Crippen LogP contribution is -2.40. The number of hydrogen-bond donors (Lipinski definition) is 4. The Morgan fingerprint density at radius 1 is 1.00 bits per heavy atom. The van der Waals surface area contributed by atoms with Gasteiger partial charge in [-0.2, -0.15) is 0 Å². The topological polar surface area (TPSA) is 150 Å². The maximum Gasteiger partial charge on any atom is 0.286 e. The van der Waals surface area contributed by atoms with E-state index in [1.807, 2.05) is 55.9 Å². The molecule has 47 heavy (non-hydrogen) atoms. The van der Waals surface area contributed by atoms with Gasteiger partial charge in [-0.3, -0.25) is 19.1 Å². The summed E-state index contributed by atoms with van der Waals surface area (Å²) in [5.41, 5.74) is 9.98. The molecule has 4 aromatic rings. The molecule has 11 nitrogen and oxygen atoms in total. The van der Waals surface area contributed by atoms with Crippen molar-refractivity contribution < 1.29 is 24.2 Å². The minimum absolute atomic E-state index is 0.0259. The molecule has 0 saturated carbocycles. The van der Waals surface area contributed by atoms with Crippen LogP contribution in [-0.2, 0) is 27.9 Å². The first-order chi connectivity index (χ1) is 22.7. The van der Waals surface area contributed by atoms with Gasteiger partial charge in [0.25, 0.3) is 17.4 Å². The van der Waals surface area contributed by atoms with E-state index in [-0.39, 0.29) is 36.3 Å². The molecule has 0 spiro atoms. The third kappa shape index (κ3) is 7.32. The SMILES string of the molecule is CCO[C@H]1OC(C(=O)NCc2ccc(C(=O)Nc3ccccc3N)cc2)=C[C@@H](c2c(C)n(C)n(-c3ccccc3)c2=O)[C@@H]1CCCO. The molecular weight excluding hydrogens is 598 g/mol. The van der Waals surface area contributed by atoms with E-state index in [2.05, 4.69) is 10.6 Å². The number of carbonyl (C=O) groups is 2. The molecule has 3 atom stereocenters. The van der Waals surface area contributed by atoms with Gasteiger partial charge in [0.1, 0.15) is 0 Å². The average molecular weight is 640 g/mol. The third-order valence-electron chi connectivity index (χ3n) is 8.45. The van der Waals surface area contributed by atoms with E-state index in [4.69, 9.17) is 15.2 Å². The smallest absolute Gasteiger partial charge is 0.286 e. The summed E-state index contributed by atoms with van der Waals surface area (Å²) < 4.78 is 15.5. The van der Waals surface area contributed by atoms with Crippen LogP contribution in [0.3, 0.4) is 0 Å². The van der Waals surface area contributed by atoms with Gasteiger partial charge in [-0.1, -0.05) is 42.5 Å². The molecule has 0 aliphatic carbocycles. The number of hydrogen-bond acceptors (Lipinski definition) is 7. The molecule has 1 aromatic heterocycles. The number of aliphatic hydroxyl groups excluding tert-OH is 1. The van der Waals surface area contributed by atoms with Gasteiger partial charge in [-0.15, -0.1) is 0 Å². The molecule has 0 unspecified atom stereocenters. The quantitative estimate of drug-likeness (QED) is 0.168. The van der Waals surface area contributed by atoms with Crippen molar-refractivity contribution >= 4 is 23.2 Å². The average Bonchev–Trinajstić information content (AvgIpc) is 3.30. The summed E-state index contributed by atoms with van der Waals surface area (Å²) in [6.45, 7) is 4.21. The first-order valence-electron chi connectivity index (χ1n) is 15.7. The number of allylic oxidation sites excluding steroid dienone is 1.